The van der Waals surface area contributed by atoms with Gasteiger partial charge in [0.25, 0.3) is 0 Å². The average molecular weight is 602 g/mol. The van der Waals surface area contributed by atoms with E-state index in [-0.39, 0.29) is 54.1 Å². The van der Waals surface area contributed by atoms with Crippen molar-refractivity contribution in [2.24, 2.45) is 0 Å². The summed E-state index contributed by atoms with van der Waals surface area (Å²) in [5, 5.41) is 20.3. The third-order valence-corrected chi connectivity index (χ3v) is 6.79. The molecule has 0 saturated heterocycles. The molecule has 2 aliphatic rings. The Hall–Kier alpha value is -3.27. The van der Waals surface area contributed by atoms with Crippen LogP contribution < -0.4 is 10.1 Å². The Morgan fingerprint density at radius 1 is 1.18 bits per heavy atom. The second-order valence-corrected chi connectivity index (χ2v) is 11.2. The fraction of sp³-hybridized carbons (Fsp3) is 0.483. The first-order chi connectivity index (χ1) is 17.9. The van der Waals surface area contributed by atoms with Crippen molar-refractivity contribution in [2.45, 2.75) is 77.7 Å². The highest BCUT2D eigenvalue weighted by atomic mass is 79.9. The summed E-state index contributed by atoms with van der Waals surface area (Å²) in [5.41, 5.74) is 3.82. The zero-order valence-electron chi connectivity index (χ0n) is 22.9. The summed E-state index contributed by atoms with van der Waals surface area (Å²) in [6.07, 6.45) is 3.36. The normalized spacial score (nSPS) is 14.5. The van der Waals surface area contributed by atoms with Gasteiger partial charge in [0, 0.05) is 48.2 Å². The Bertz CT molecular complexity index is 1280. The van der Waals surface area contributed by atoms with Crippen LogP contribution >= 0.6 is 17.0 Å². The van der Waals surface area contributed by atoms with E-state index in [1.54, 1.807) is 17.0 Å². The summed E-state index contributed by atoms with van der Waals surface area (Å²) in [6.45, 7) is 8.17. The molecule has 0 unspecified atom stereocenters. The van der Waals surface area contributed by atoms with Crippen LogP contribution in [0.5, 0.6) is 5.75 Å². The van der Waals surface area contributed by atoms with E-state index in [0.717, 1.165) is 29.7 Å². The first kappa shape index (κ1) is 30.3. The molecule has 0 radical (unpaired) electrons. The van der Waals surface area contributed by atoms with Crippen LogP contribution in [0.15, 0.2) is 24.3 Å². The standard InChI is InChI=1S/C29H36N4O5.BrH/c1-17(34)31-23-14-20(13-21(29(2,3)4)27(23)38-12-6-5-7-25(36)37)24(35)16-33-15-19-10-11-22(18-8-9-18)32-26(19)28(33)30;/h10-11,13-14,18,30H,5-9,12,15-16H2,1-4H3,(H,31,34)(H,36,37);1H. The first-order valence-electron chi connectivity index (χ1n) is 13.1. The Morgan fingerprint density at radius 3 is 2.51 bits per heavy atom. The van der Waals surface area contributed by atoms with Gasteiger partial charge in [0.05, 0.1) is 18.8 Å². The fourth-order valence-corrected chi connectivity index (χ4v) is 4.61. The second kappa shape index (κ2) is 12.3. The van der Waals surface area contributed by atoms with Crippen LogP contribution in [0.2, 0.25) is 0 Å². The summed E-state index contributed by atoms with van der Waals surface area (Å²) in [5.74, 6) is -0.0808. The Balaban J connectivity index is 0.00000420. The van der Waals surface area contributed by atoms with E-state index in [1.807, 2.05) is 32.9 Å². The second-order valence-electron chi connectivity index (χ2n) is 11.2. The highest BCUT2D eigenvalue weighted by Crippen LogP contribution is 2.40. The molecule has 1 aromatic heterocycles. The van der Waals surface area contributed by atoms with Gasteiger partial charge in [-0.25, -0.2) is 4.98 Å². The molecule has 0 spiro atoms. The van der Waals surface area contributed by atoms with Crippen molar-refractivity contribution >= 4 is 46.2 Å². The molecule has 1 aliphatic carbocycles. The summed E-state index contributed by atoms with van der Waals surface area (Å²) in [4.78, 5) is 42.8. The van der Waals surface area contributed by atoms with Crippen LogP contribution in [-0.2, 0) is 21.5 Å². The number of carbonyl (C=O) groups excluding carboxylic acids is 2. The van der Waals surface area contributed by atoms with Crippen LogP contribution in [-0.4, -0.2) is 51.6 Å². The van der Waals surface area contributed by atoms with Crippen LogP contribution in [0.4, 0.5) is 5.69 Å². The van der Waals surface area contributed by atoms with Gasteiger partial charge in [-0.1, -0.05) is 26.8 Å². The van der Waals surface area contributed by atoms with E-state index in [4.69, 9.17) is 20.2 Å². The van der Waals surface area contributed by atoms with Crippen LogP contribution in [0, 0.1) is 5.41 Å². The minimum absolute atomic E-state index is 0. The summed E-state index contributed by atoms with van der Waals surface area (Å²) >= 11 is 0. The SMILES string of the molecule is Br.CC(=O)Nc1cc(C(=O)CN2Cc3ccc(C4CC4)nc3C2=N)cc(C(C)(C)C)c1OCCCCC(=O)O. The van der Waals surface area contributed by atoms with E-state index in [2.05, 4.69) is 5.32 Å². The van der Waals surface area contributed by atoms with E-state index in [1.165, 1.54) is 6.92 Å². The molecule has 0 bridgehead atoms. The number of anilines is 1. The summed E-state index contributed by atoms with van der Waals surface area (Å²) in [6, 6.07) is 7.48. The average Bonchev–Trinajstić information content (AvgIpc) is 3.63. The molecule has 1 aliphatic heterocycles. The quantitative estimate of drug-likeness (QED) is 0.231. The van der Waals surface area contributed by atoms with Gasteiger partial charge in [-0.3, -0.25) is 19.8 Å². The van der Waals surface area contributed by atoms with Gasteiger partial charge < -0.3 is 20.1 Å². The molecule has 0 atom stereocenters. The van der Waals surface area contributed by atoms with E-state index in [0.29, 0.717) is 48.0 Å². The Morgan fingerprint density at radius 2 is 1.90 bits per heavy atom. The molecule has 2 heterocycles. The van der Waals surface area contributed by atoms with Gasteiger partial charge in [-0.05, 0) is 49.3 Å². The number of hydrogen-bond acceptors (Lipinski definition) is 6. The number of amidine groups is 1. The van der Waals surface area contributed by atoms with Crippen molar-refractivity contribution in [3.8, 4) is 5.75 Å². The maximum absolute atomic E-state index is 13.5. The van der Waals surface area contributed by atoms with Crippen molar-refractivity contribution in [2.75, 3.05) is 18.5 Å². The van der Waals surface area contributed by atoms with Gasteiger partial charge >= 0.3 is 5.97 Å². The lowest BCUT2D eigenvalue weighted by molar-refractivity contribution is -0.137. The molecule has 1 fully saturated rings. The third kappa shape index (κ3) is 7.44. The number of ether oxygens (including phenoxy) is 1. The Labute approximate surface area is 239 Å². The molecule has 1 saturated carbocycles. The number of aliphatic carboxylic acids is 1. The molecule has 10 heteroatoms. The van der Waals surface area contributed by atoms with Gasteiger partial charge in [-0.2, -0.15) is 0 Å². The number of amides is 1. The smallest absolute Gasteiger partial charge is 0.303 e. The van der Waals surface area contributed by atoms with E-state index in [9.17, 15) is 14.4 Å². The third-order valence-electron chi connectivity index (χ3n) is 6.79. The molecule has 3 N–H and O–H groups in total. The highest BCUT2D eigenvalue weighted by Gasteiger charge is 2.32. The molecule has 210 valence electrons. The molecular weight excluding hydrogens is 564 g/mol. The number of benzene rings is 1. The summed E-state index contributed by atoms with van der Waals surface area (Å²) in [7, 11) is 0. The van der Waals surface area contributed by atoms with Crippen molar-refractivity contribution in [3.05, 3.63) is 52.3 Å². The maximum atomic E-state index is 13.5. The van der Waals surface area contributed by atoms with Crippen molar-refractivity contribution in [1.29, 1.82) is 5.41 Å². The predicted octanol–water partition coefficient (Wildman–Crippen LogP) is 5.45. The van der Waals surface area contributed by atoms with Crippen molar-refractivity contribution in [1.82, 2.24) is 9.88 Å². The van der Waals surface area contributed by atoms with Gasteiger partial charge in [-0.15, -0.1) is 17.0 Å². The molecule has 1 aromatic carbocycles. The lowest BCUT2D eigenvalue weighted by Crippen LogP contribution is -2.31. The van der Waals surface area contributed by atoms with E-state index < -0.39 is 11.4 Å². The minimum atomic E-state index is -0.851. The lowest BCUT2D eigenvalue weighted by Gasteiger charge is -2.26. The number of unbranched alkanes of at least 4 members (excludes halogenated alkanes) is 1. The number of Topliss-reactive ketones (excluding diaryl/α,β-unsaturated/α-hetero) is 1. The molecule has 1 amide bonds. The molecule has 2 aromatic rings. The van der Waals surface area contributed by atoms with Crippen molar-refractivity contribution in [3.63, 3.8) is 0 Å². The number of halogens is 1. The zero-order valence-corrected chi connectivity index (χ0v) is 24.6. The number of ketones is 1. The van der Waals surface area contributed by atoms with Gasteiger partial charge in [0.15, 0.2) is 5.78 Å². The molecule has 9 nitrogen and oxygen atoms in total. The number of pyridine rings is 1. The number of aromatic nitrogens is 1. The summed E-state index contributed by atoms with van der Waals surface area (Å²) < 4.78 is 6.07. The van der Waals surface area contributed by atoms with Gasteiger partial charge in [0.2, 0.25) is 5.91 Å². The zero-order chi connectivity index (χ0) is 27.6. The predicted molar refractivity (Wildman–Crippen MR) is 155 cm³/mol. The first-order valence-corrected chi connectivity index (χ1v) is 13.1. The topological polar surface area (TPSA) is 133 Å². The van der Waals surface area contributed by atoms with Crippen LogP contribution in [0.25, 0.3) is 0 Å². The van der Waals surface area contributed by atoms with Crippen LogP contribution in [0.3, 0.4) is 0 Å². The number of carbonyl (C=O) groups is 3. The number of hydrogen-bond donors (Lipinski definition) is 3. The largest absolute Gasteiger partial charge is 0.491 e. The number of carboxylic acids is 1. The molecular formula is C29H37BrN4O5. The van der Waals surface area contributed by atoms with Gasteiger partial charge in [0.1, 0.15) is 17.3 Å². The monoisotopic (exact) mass is 600 g/mol. The number of nitrogens with zero attached hydrogens (tertiary/aromatic N) is 2. The van der Waals surface area contributed by atoms with E-state index >= 15 is 0 Å². The Kier molecular flexibility index (Phi) is 9.53. The lowest BCUT2D eigenvalue weighted by atomic mass is 9.84. The minimum Gasteiger partial charge on any atom is -0.491 e. The number of nitrogens with one attached hydrogen (secondary N) is 2. The van der Waals surface area contributed by atoms with Crippen LogP contribution in [0.1, 0.15) is 98.6 Å². The molecule has 4 rings (SSSR count). The number of rotatable bonds is 11. The number of fused-ring (bicyclic) bond motifs is 1. The fourth-order valence-electron chi connectivity index (χ4n) is 4.61. The highest BCUT2D eigenvalue weighted by molar-refractivity contribution is 8.93. The van der Waals surface area contributed by atoms with Crippen molar-refractivity contribution < 1.29 is 24.2 Å². The molecule has 39 heavy (non-hydrogen) atoms. The number of carboxylic acid groups (broad SMARTS) is 1. The maximum Gasteiger partial charge on any atom is 0.303 e.